The van der Waals surface area contributed by atoms with Crippen molar-refractivity contribution in [1.82, 2.24) is 5.32 Å². The van der Waals surface area contributed by atoms with Gasteiger partial charge in [-0.2, -0.15) is 0 Å². The third kappa shape index (κ3) is 3.70. The number of carboxylic acid groups (broad SMARTS) is 1. The Morgan fingerprint density at radius 1 is 1.33 bits per heavy atom. The summed E-state index contributed by atoms with van der Waals surface area (Å²) in [5.41, 5.74) is 5.07. The second kappa shape index (κ2) is 6.18. The van der Waals surface area contributed by atoms with Crippen LogP contribution in [0.15, 0.2) is 0 Å². The zero-order valence-electron chi connectivity index (χ0n) is 11.2. The maximum atomic E-state index is 12.2. The number of aliphatic carboxylic acids is 1. The molecule has 104 valence electrons. The molecule has 0 radical (unpaired) electrons. The van der Waals surface area contributed by atoms with E-state index in [9.17, 15) is 9.59 Å². The summed E-state index contributed by atoms with van der Waals surface area (Å²) in [5.74, 6) is -1.03. The Hall–Kier alpha value is -1.10. The van der Waals surface area contributed by atoms with Crippen molar-refractivity contribution in [1.29, 1.82) is 0 Å². The Morgan fingerprint density at radius 2 is 1.89 bits per heavy atom. The van der Waals surface area contributed by atoms with Crippen molar-refractivity contribution in [2.45, 2.75) is 51.5 Å². The quantitative estimate of drug-likeness (QED) is 0.664. The van der Waals surface area contributed by atoms with Crippen molar-refractivity contribution in [3.63, 3.8) is 0 Å². The van der Waals surface area contributed by atoms with E-state index in [1.807, 2.05) is 13.8 Å². The van der Waals surface area contributed by atoms with Crippen molar-refractivity contribution < 1.29 is 14.7 Å². The zero-order valence-corrected chi connectivity index (χ0v) is 11.2. The number of rotatable bonds is 6. The van der Waals surface area contributed by atoms with E-state index in [0.717, 1.165) is 25.7 Å². The first-order chi connectivity index (χ1) is 8.40. The minimum atomic E-state index is -0.856. The lowest BCUT2D eigenvalue weighted by molar-refractivity contribution is -0.139. The van der Waals surface area contributed by atoms with Gasteiger partial charge in [0.15, 0.2) is 0 Å². The van der Waals surface area contributed by atoms with E-state index in [0.29, 0.717) is 6.54 Å². The van der Waals surface area contributed by atoms with Gasteiger partial charge in [-0.05, 0) is 18.8 Å². The normalized spacial score (nSPS) is 19.8. The lowest BCUT2D eigenvalue weighted by Crippen LogP contribution is -2.51. The number of carbonyl (C=O) groups excluding carboxylic acids is 1. The van der Waals surface area contributed by atoms with Crippen molar-refractivity contribution in [2.75, 3.05) is 6.54 Å². The standard InChI is InChI=1S/C13H24N2O3/c1-9(2)10(8-14)12(18)15-13(7-11(16)17)5-3-4-6-13/h9-10H,3-8,14H2,1-2H3,(H,15,18)(H,16,17). The summed E-state index contributed by atoms with van der Waals surface area (Å²) in [4.78, 5) is 23.1. The molecule has 0 spiro atoms. The highest BCUT2D eigenvalue weighted by atomic mass is 16.4. The highest BCUT2D eigenvalue weighted by Gasteiger charge is 2.38. The molecule has 18 heavy (non-hydrogen) atoms. The van der Waals surface area contributed by atoms with Gasteiger partial charge >= 0.3 is 5.97 Å². The van der Waals surface area contributed by atoms with Gasteiger partial charge in [-0.25, -0.2) is 0 Å². The Kier molecular flexibility index (Phi) is 5.14. The molecule has 1 rings (SSSR count). The fraction of sp³-hybridized carbons (Fsp3) is 0.846. The lowest BCUT2D eigenvalue weighted by Gasteiger charge is -2.31. The summed E-state index contributed by atoms with van der Waals surface area (Å²) >= 11 is 0. The van der Waals surface area contributed by atoms with Crippen molar-refractivity contribution in [3.05, 3.63) is 0 Å². The average molecular weight is 256 g/mol. The van der Waals surface area contributed by atoms with Gasteiger partial charge in [-0.3, -0.25) is 9.59 Å². The van der Waals surface area contributed by atoms with Crippen LogP contribution < -0.4 is 11.1 Å². The SMILES string of the molecule is CC(C)C(CN)C(=O)NC1(CC(=O)O)CCCC1. The van der Waals surface area contributed by atoms with Crippen LogP contribution in [0.1, 0.15) is 46.0 Å². The Balaban J connectivity index is 2.71. The van der Waals surface area contributed by atoms with Crippen LogP contribution >= 0.6 is 0 Å². The van der Waals surface area contributed by atoms with E-state index in [4.69, 9.17) is 10.8 Å². The Bertz CT molecular complexity index is 309. The lowest BCUT2D eigenvalue weighted by atomic mass is 9.89. The molecule has 0 aliphatic heterocycles. The minimum absolute atomic E-state index is 0.00806. The Labute approximate surface area is 108 Å². The van der Waals surface area contributed by atoms with Crippen LogP contribution in [0.2, 0.25) is 0 Å². The molecule has 0 aromatic heterocycles. The topological polar surface area (TPSA) is 92.4 Å². The van der Waals surface area contributed by atoms with E-state index < -0.39 is 11.5 Å². The molecule has 0 aromatic carbocycles. The number of hydrogen-bond donors (Lipinski definition) is 3. The summed E-state index contributed by atoms with van der Waals surface area (Å²) in [6, 6.07) is 0. The molecule has 0 saturated heterocycles. The number of carboxylic acids is 1. The molecule has 1 fully saturated rings. The second-order valence-corrected chi connectivity index (χ2v) is 5.63. The monoisotopic (exact) mass is 256 g/mol. The number of hydrogen-bond acceptors (Lipinski definition) is 3. The van der Waals surface area contributed by atoms with E-state index >= 15 is 0 Å². The fourth-order valence-electron chi connectivity index (χ4n) is 2.72. The number of nitrogens with two attached hydrogens (primary N) is 1. The van der Waals surface area contributed by atoms with Crippen molar-refractivity contribution in [3.8, 4) is 0 Å². The van der Waals surface area contributed by atoms with Crippen molar-refractivity contribution >= 4 is 11.9 Å². The number of nitrogens with one attached hydrogen (secondary N) is 1. The molecule has 4 N–H and O–H groups in total. The molecule has 1 aliphatic rings. The van der Waals surface area contributed by atoms with Crippen LogP contribution in [0.5, 0.6) is 0 Å². The predicted octanol–water partition coefficient (Wildman–Crippen LogP) is 1.12. The van der Waals surface area contributed by atoms with Crippen LogP contribution in [0.4, 0.5) is 0 Å². The first-order valence-electron chi connectivity index (χ1n) is 6.64. The molecule has 5 heteroatoms. The van der Waals surface area contributed by atoms with E-state index in [1.54, 1.807) is 0 Å². The van der Waals surface area contributed by atoms with Gasteiger partial charge in [0, 0.05) is 6.54 Å². The molecule has 1 saturated carbocycles. The average Bonchev–Trinajstić information content (AvgIpc) is 2.65. The molecular weight excluding hydrogens is 232 g/mol. The first-order valence-corrected chi connectivity index (χ1v) is 6.64. The fourth-order valence-corrected chi connectivity index (χ4v) is 2.72. The summed E-state index contributed by atoms with van der Waals surface area (Å²) < 4.78 is 0. The van der Waals surface area contributed by atoms with Crippen LogP contribution in [0.25, 0.3) is 0 Å². The zero-order chi connectivity index (χ0) is 13.8. The van der Waals surface area contributed by atoms with Crippen LogP contribution in [-0.2, 0) is 9.59 Å². The van der Waals surface area contributed by atoms with Gasteiger partial charge < -0.3 is 16.2 Å². The molecule has 1 amide bonds. The maximum Gasteiger partial charge on any atom is 0.305 e. The molecule has 0 aromatic rings. The Morgan fingerprint density at radius 3 is 2.28 bits per heavy atom. The summed E-state index contributed by atoms with van der Waals surface area (Å²) in [6.07, 6.45) is 3.46. The van der Waals surface area contributed by atoms with Gasteiger partial charge in [0.25, 0.3) is 0 Å². The third-order valence-corrected chi connectivity index (χ3v) is 3.83. The molecule has 0 heterocycles. The molecule has 1 atom stereocenters. The van der Waals surface area contributed by atoms with Gasteiger partial charge in [-0.1, -0.05) is 26.7 Å². The van der Waals surface area contributed by atoms with Gasteiger partial charge in [-0.15, -0.1) is 0 Å². The minimum Gasteiger partial charge on any atom is -0.481 e. The second-order valence-electron chi connectivity index (χ2n) is 5.63. The van der Waals surface area contributed by atoms with E-state index in [1.165, 1.54) is 0 Å². The summed E-state index contributed by atoms with van der Waals surface area (Å²) in [5, 5.41) is 11.9. The van der Waals surface area contributed by atoms with E-state index in [2.05, 4.69) is 5.32 Å². The van der Waals surface area contributed by atoms with Gasteiger partial charge in [0.05, 0.1) is 17.9 Å². The molecular formula is C13H24N2O3. The van der Waals surface area contributed by atoms with Crippen LogP contribution in [0.3, 0.4) is 0 Å². The molecule has 1 aliphatic carbocycles. The molecule has 5 nitrogen and oxygen atoms in total. The van der Waals surface area contributed by atoms with Gasteiger partial charge in [0.1, 0.15) is 0 Å². The molecule has 1 unspecified atom stereocenters. The highest BCUT2D eigenvalue weighted by Crippen LogP contribution is 2.33. The largest absolute Gasteiger partial charge is 0.481 e. The van der Waals surface area contributed by atoms with Crippen LogP contribution in [0, 0.1) is 11.8 Å². The smallest absolute Gasteiger partial charge is 0.305 e. The van der Waals surface area contributed by atoms with Crippen LogP contribution in [-0.4, -0.2) is 29.1 Å². The van der Waals surface area contributed by atoms with Gasteiger partial charge in [0.2, 0.25) is 5.91 Å². The summed E-state index contributed by atoms with van der Waals surface area (Å²) in [6.45, 7) is 4.21. The molecule has 0 bridgehead atoms. The number of carbonyl (C=O) groups is 2. The van der Waals surface area contributed by atoms with Crippen molar-refractivity contribution in [2.24, 2.45) is 17.6 Å². The number of amides is 1. The third-order valence-electron chi connectivity index (χ3n) is 3.83. The summed E-state index contributed by atoms with van der Waals surface area (Å²) in [7, 11) is 0. The maximum absolute atomic E-state index is 12.2. The first kappa shape index (κ1) is 15.0. The van der Waals surface area contributed by atoms with E-state index in [-0.39, 0.29) is 24.2 Å². The highest BCUT2D eigenvalue weighted by molar-refractivity contribution is 5.81. The predicted molar refractivity (Wildman–Crippen MR) is 69.0 cm³/mol.